The number of fused-ring (bicyclic) bond motifs is 3. The Labute approximate surface area is 301 Å². The van der Waals surface area contributed by atoms with Crippen LogP contribution in [0.5, 0.6) is 5.19 Å². The average molecular weight is 734 g/mol. The number of aromatic nitrogens is 1. The normalized spacial score (nSPS) is 27.7. The first-order chi connectivity index (χ1) is 24.5. The van der Waals surface area contributed by atoms with Crippen molar-refractivity contribution in [3.05, 3.63) is 72.3 Å². The molecule has 0 radical (unpaired) electrons. The maximum absolute atomic E-state index is 14.8. The van der Waals surface area contributed by atoms with Gasteiger partial charge in [-0.3, -0.25) is 23.9 Å². The molecule has 0 bridgehead atoms. The second-order valence-electron chi connectivity index (χ2n) is 14.1. The molecule has 4 amide bonds. The van der Waals surface area contributed by atoms with Crippen LogP contribution < -0.4 is 14.8 Å². The first-order valence-corrected chi connectivity index (χ1v) is 20.1. The second kappa shape index (κ2) is 14.4. The Hall–Kier alpha value is -4.30. The number of para-hydroxylation sites is 1. The van der Waals surface area contributed by atoms with Crippen LogP contribution in [-0.4, -0.2) is 82.4 Å². The molecule has 51 heavy (non-hydrogen) atoms. The van der Waals surface area contributed by atoms with Gasteiger partial charge < -0.3 is 19.9 Å². The Bertz CT molecular complexity index is 1910. The summed E-state index contributed by atoms with van der Waals surface area (Å²) in [5.74, 6) is -2.35. The first-order valence-electron chi connectivity index (χ1n) is 17.7. The number of thiazole rings is 1. The number of nitrogens with one attached hydrogen (secondary N) is 2. The molecule has 4 aliphatic rings. The summed E-state index contributed by atoms with van der Waals surface area (Å²) in [6.07, 6.45) is 8.08. The third-order valence-corrected chi connectivity index (χ3v) is 13.1. The van der Waals surface area contributed by atoms with Crippen LogP contribution in [0.3, 0.4) is 0 Å². The van der Waals surface area contributed by atoms with Crippen molar-refractivity contribution < 1.29 is 32.3 Å². The summed E-state index contributed by atoms with van der Waals surface area (Å²) in [5, 5.41) is 2.72. The van der Waals surface area contributed by atoms with E-state index >= 15 is 0 Å². The van der Waals surface area contributed by atoms with E-state index in [1.54, 1.807) is 4.90 Å². The third-order valence-electron chi connectivity index (χ3n) is 10.3. The van der Waals surface area contributed by atoms with E-state index < -0.39 is 56.7 Å². The number of nitrogens with zero attached hydrogens (tertiary/aromatic N) is 3. The van der Waals surface area contributed by atoms with Gasteiger partial charge in [0.1, 0.15) is 23.7 Å². The minimum atomic E-state index is -3.86. The Morgan fingerprint density at radius 3 is 2.57 bits per heavy atom. The fourth-order valence-corrected chi connectivity index (χ4v) is 9.49. The van der Waals surface area contributed by atoms with Gasteiger partial charge in [0.2, 0.25) is 27.7 Å². The number of allylic oxidation sites excluding steroid dienone is 1. The van der Waals surface area contributed by atoms with Gasteiger partial charge in [-0.25, -0.2) is 13.4 Å². The lowest BCUT2D eigenvalue weighted by molar-refractivity contribution is -0.149. The van der Waals surface area contributed by atoms with Gasteiger partial charge in [0, 0.05) is 25.8 Å². The molecule has 3 heterocycles. The zero-order valence-corrected chi connectivity index (χ0v) is 30.2. The fraction of sp³-hybridized carbons (Fsp3) is 0.486. The van der Waals surface area contributed by atoms with Gasteiger partial charge in [-0.1, -0.05) is 78.8 Å². The largest absolute Gasteiger partial charge is 0.465 e. The average Bonchev–Trinajstić information content (AvgIpc) is 4.00. The molecule has 5 atom stereocenters. The van der Waals surface area contributed by atoms with Crippen LogP contribution in [-0.2, 0) is 35.7 Å². The lowest BCUT2D eigenvalue weighted by Crippen LogP contribution is -2.58. The molecular weight excluding hydrogens is 691 g/mol. The number of carbonyl (C=O) groups is 4. The summed E-state index contributed by atoms with van der Waals surface area (Å²) in [6, 6.07) is 15.2. The summed E-state index contributed by atoms with van der Waals surface area (Å²) in [7, 11) is -3.86. The van der Waals surface area contributed by atoms with E-state index in [1.165, 1.54) is 23.2 Å². The van der Waals surface area contributed by atoms with Crippen molar-refractivity contribution in [3.63, 3.8) is 0 Å². The van der Waals surface area contributed by atoms with E-state index in [-0.39, 0.29) is 37.7 Å². The number of ether oxygens (including phenoxy) is 1. The van der Waals surface area contributed by atoms with Gasteiger partial charge in [-0.2, -0.15) is 0 Å². The number of sulfonamides is 1. The molecule has 2 aromatic carbocycles. The topological polar surface area (TPSA) is 155 Å². The highest BCUT2D eigenvalue weighted by Crippen LogP contribution is 2.46. The predicted molar refractivity (Wildman–Crippen MR) is 192 cm³/mol. The number of rotatable bonds is 8. The molecule has 2 N–H and O–H groups in total. The van der Waals surface area contributed by atoms with Gasteiger partial charge in [0.15, 0.2) is 0 Å². The zero-order chi connectivity index (χ0) is 35.8. The molecule has 12 nitrogen and oxygen atoms in total. The molecule has 2 aliphatic carbocycles. The Morgan fingerprint density at radius 2 is 1.82 bits per heavy atom. The predicted octanol–water partition coefficient (Wildman–Crippen LogP) is 4.07. The van der Waals surface area contributed by atoms with Gasteiger partial charge in [-0.05, 0) is 56.2 Å². The van der Waals surface area contributed by atoms with Crippen LogP contribution in [0.15, 0.2) is 66.7 Å². The van der Waals surface area contributed by atoms with Crippen molar-refractivity contribution in [2.24, 2.45) is 5.92 Å². The van der Waals surface area contributed by atoms with E-state index in [9.17, 15) is 27.6 Å². The van der Waals surface area contributed by atoms with Gasteiger partial charge >= 0.3 is 0 Å². The minimum absolute atomic E-state index is 0.0685. The Kier molecular flexibility index (Phi) is 9.90. The molecule has 7 rings (SSSR count). The smallest absolute Gasteiger partial charge is 0.274 e. The molecule has 2 saturated carbocycles. The van der Waals surface area contributed by atoms with E-state index in [0.29, 0.717) is 30.9 Å². The van der Waals surface area contributed by atoms with Crippen molar-refractivity contribution in [2.75, 3.05) is 6.54 Å². The third kappa shape index (κ3) is 7.67. The van der Waals surface area contributed by atoms with Gasteiger partial charge in [0.05, 0.1) is 22.0 Å². The lowest BCUT2D eigenvalue weighted by atomic mass is 10.0. The second-order valence-corrected chi connectivity index (χ2v) is 17.0. The molecule has 3 aromatic rings. The highest BCUT2D eigenvalue weighted by Gasteiger charge is 2.62. The van der Waals surface area contributed by atoms with Crippen LogP contribution in [0.25, 0.3) is 10.2 Å². The molecule has 0 spiro atoms. The molecule has 1 aromatic heterocycles. The molecule has 0 unspecified atom stereocenters. The van der Waals surface area contributed by atoms with Crippen molar-refractivity contribution in [1.82, 2.24) is 24.8 Å². The standard InChI is InChI=1S/C37H43N5O7S2/c1-24(43)41(22-25-12-6-5-7-13-25)30-16-9-4-2-3-8-14-26-21-37(26,35(46)40-51(47,48)28-18-19-28)39-33(44)31-20-27(23-42(31)34(30)45)49-36-38-29-15-10-11-17-32(29)50-36/h5-8,10-15,17,26-28,30-31H,2-4,9,16,18-23H2,1H3,(H,39,44)(H,40,46)/b14-8-/t26-,27-,30+,31+,37-/m1/s1. The van der Waals surface area contributed by atoms with Gasteiger partial charge in [-0.15, -0.1) is 0 Å². The van der Waals surface area contributed by atoms with E-state index in [0.717, 1.165) is 35.0 Å². The summed E-state index contributed by atoms with van der Waals surface area (Å²) < 4.78 is 35.1. The number of hydrogen-bond acceptors (Lipinski definition) is 9. The molecule has 14 heteroatoms. The fourth-order valence-electron chi connectivity index (χ4n) is 7.25. The van der Waals surface area contributed by atoms with Crippen molar-refractivity contribution >= 4 is 55.2 Å². The van der Waals surface area contributed by atoms with E-state index in [1.807, 2.05) is 66.7 Å². The first kappa shape index (κ1) is 35.1. The van der Waals surface area contributed by atoms with Gasteiger partial charge in [0.25, 0.3) is 11.1 Å². The SMILES string of the molecule is CC(=O)N(Cc1ccccc1)[C@H]1CCCCC/C=C\[C@@H]2C[C@@]2(C(=O)NS(=O)(=O)C2CC2)NC(=O)[C@@H]2C[C@@H](Oc3nc4ccccc4s3)CN2C1=O. The number of hydrogen-bond donors (Lipinski definition) is 2. The van der Waals surface area contributed by atoms with E-state index in [2.05, 4.69) is 15.0 Å². The number of carbonyl (C=O) groups excluding carboxylic acids is 4. The lowest BCUT2D eigenvalue weighted by Gasteiger charge is -2.35. The van der Waals surface area contributed by atoms with Crippen LogP contribution >= 0.6 is 11.3 Å². The van der Waals surface area contributed by atoms with Crippen LogP contribution in [0.4, 0.5) is 0 Å². The number of amides is 4. The summed E-state index contributed by atoms with van der Waals surface area (Å²) in [5.41, 5.74) is 0.191. The van der Waals surface area contributed by atoms with Crippen molar-refractivity contribution in [3.8, 4) is 5.19 Å². The maximum Gasteiger partial charge on any atom is 0.274 e. The highest BCUT2D eigenvalue weighted by molar-refractivity contribution is 7.91. The summed E-state index contributed by atoms with van der Waals surface area (Å²) in [6.45, 7) is 1.75. The molecule has 270 valence electrons. The van der Waals surface area contributed by atoms with E-state index in [4.69, 9.17) is 4.74 Å². The monoisotopic (exact) mass is 733 g/mol. The molecule has 3 fully saturated rings. The quantitative estimate of drug-likeness (QED) is 0.329. The molecule has 2 aliphatic heterocycles. The van der Waals surface area contributed by atoms with Crippen LogP contribution in [0.2, 0.25) is 0 Å². The highest BCUT2D eigenvalue weighted by atomic mass is 32.2. The molecule has 1 saturated heterocycles. The van der Waals surface area contributed by atoms with Crippen LogP contribution in [0.1, 0.15) is 70.3 Å². The minimum Gasteiger partial charge on any atom is -0.465 e. The summed E-state index contributed by atoms with van der Waals surface area (Å²) in [4.78, 5) is 63.7. The zero-order valence-electron chi connectivity index (χ0n) is 28.5. The maximum atomic E-state index is 14.8. The summed E-state index contributed by atoms with van der Waals surface area (Å²) >= 11 is 1.37. The van der Waals surface area contributed by atoms with Crippen molar-refractivity contribution in [2.45, 2.75) is 100 Å². The Morgan fingerprint density at radius 1 is 1.06 bits per heavy atom. The van der Waals surface area contributed by atoms with Crippen LogP contribution in [0, 0.1) is 5.92 Å². The number of benzene rings is 2. The Balaban J connectivity index is 1.21. The molecular formula is C37H43N5O7S2. The van der Waals surface area contributed by atoms with Crippen molar-refractivity contribution in [1.29, 1.82) is 0 Å².